The lowest BCUT2D eigenvalue weighted by Gasteiger charge is -2.12. The van der Waals surface area contributed by atoms with Gasteiger partial charge in [-0.1, -0.05) is 103 Å². The van der Waals surface area contributed by atoms with Crippen LogP contribution in [-0.4, -0.2) is 6.54 Å². The van der Waals surface area contributed by atoms with Crippen LogP contribution in [0.1, 0.15) is 5.56 Å². The molecule has 1 aliphatic heterocycles. The summed E-state index contributed by atoms with van der Waals surface area (Å²) in [6.45, 7) is 0.879. The fourth-order valence-electron chi connectivity index (χ4n) is 5.45. The van der Waals surface area contributed by atoms with Crippen molar-refractivity contribution in [2.24, 2.45) is 0 Å². The van der Waals surface area contributed by atoms with Crippen LogP contribution in [0.5, 0.6) is 0 Å². The van der Waals surface area contributed by atoms with Gasteiger partial charge >= 0.3 is 0 Å². The van der Waals surface area contributed by atoms with Gasteiger partial charge in [0.15, 0.2) is 0 Å². The maximum atomic E-state index is 3.22. The molecule has 0 spiro atoms. The van der Waals surface area contributed by atoms with E-state index in [2.05, 4.69) is 121 Å². The number of fused-ring (bicyclic) bond motifs is 3. The Morgan fingerprint density at radius 3 is 1.97 bits per heavy atom. The predicted molar refractivity (Wildman–Crippen MR) is 144 cm³/mol. The topological polar surface area (TPSA) is 12.0 Å². The number of hydrogen-bond donors (Lipinski definition) is 1. The molecule has 0 amide bonds. The second-order valence-corrected chi connectivity index (χ2v) is 8.99. The zero-order valence-electron chi connectivity index (χ0n) is 18.8. The van der Waals surface area contributed by atoms with Crippen LogP contribution in [0.3, 0.4) is 0 Å². The lowest BCUT2D eigenvalue weighted by Crippen LogP contribution is -2.08. The number of allylic oxidation sites excluding steroid dienone is 2. The highest BCUT2D eigenvalue weighted by Gasteiger charge is 2.22. The van der Waals surface area contributed by atoms with Gasteiger partial charge in [0.05, 0.1) is 0 Å². The van der Waals surface area contributed by atoms with Gasteiger partial charge in [-0.2, -0.15) is 0 Å². The highest BCUT2D eigenvalue weighted by Crippen LogP contribution is 2.49. The van der Waals surface area contributed by atoms with Gasteiger partial charge in [0.2, 0.25) is 0 Å². The van der Waals surface area contributed by atoms with Crippen molar-refractivity contribution >= 4 is 16.3 Å². The minimum atomic E-state index is 0.879. The van der Waals surface area contributed by atoms with Crippen LogP contribution in [0.15, 0.2) is 121 Å². The molecule has 1 aliphatic carbocycles. The van der Waals surface area contributed by atoms with E-state index in [4.69, 9.17) is 0 Å². The first-order valence-corrected chi connectivity index (χ1v) is 11.8. The SMILES string of the molecule is C1=CC(c2cccc(-c3ccc(-c4ccc5c6c(cccc46)-c4ccccc4-5)cc3)c2)=CCN1. The van der Waals surface area contributed by atoms with Gasteiger partial charge in [-0.15, -0.1) is 0 Å². The zero-order chi connectivity index (χ0) is 22.5. The molecule has 5 aromatic carbocycles. The molecule has 0 saturated heterocycles. The van der Waals surface area contributed by atoms with Crippen molar-refractivity contribution in [1.29, 1.82) is 0 Å². The van der Waals surface area contributed by atoms with Gasteiger partial charge < -0.3 is 5.32 Å². The van der Waals surface area contributed by atoms with Gasteiger partial charge in [-0.05, 0) is 84.8 Å². The van der Waals surface area contributed by atoms with Gasteiger partial charge in [0.1, 0.15) is 0 Å². The van der Waals surface area contributed by atoms with Crippen molar-refractivity contribution in [2.75, 3.05) is 6.54 Å². The summed E-state index contributed by atoms with van der Waals surface area (Å²) in [5.74, 6) is 0. The lowest BCUT2D eigenvalue weighted by molar-refractivity contribution is 0.976. The maximum absolute atomic E-state index is 3.22. The Balaban J connectivity index is 1.29. The van der Waals surface area contributed by atoms with Gasteiger partial charge in [-0.3, -0.25) is 0 Å². The van der Waals surface area contributed by atoms with E-state index in [1.807, 2.05) is 6.20 Å². The van der Waals surface area contributed by atoms with E-state index in [9.17, 15) is 0 Å². The molecule has 0 unspecified atom stereocenters. The highest BCUT2D eigenvalue weighted by atomic mass is 14.8. The molecule has 0 radical (unpaired) electrons. The molecule has 0 fully saturated rings. The Kier molecular flexibility index (Phi) is 4.28. The van der Waals surface area contributed by atoms with Crippen LogP contribution in [0.2, 0.25) is 0 Å². The van der Waals surface area contributed by atoms with E-state index in [1.54, 1.807) is 0 Å². The summed E-state index contributed by atoms with van der Waals surface area (Å²) in [6, 6.07) is 37.9. The number of dihydropyridines is 1. The molecule has 1 nitrogen and oxygen atoms in total. The Morgan fingerprint density at radius 1 is 0.500 bits per heavy atom. The fourth-order valence-corrected chi connectivity index (χ4v) is 5.45. The average molecular weight is 434 g/mol. The second-order valence-electron chi connectivity index (χ2n) is 8.99. The van der Waals surface area contributed by atoms with Crippen LogP contribution in [-0.2, 0) is 0 Å². The maximum Gasteiger partial charge on any atom is 0.0334 e. The summed E-state index contributed by atoms with van der Waals surface area (Å²) in [7, 11) is 0. The first kappa shape index (κ1) is 19.1. The smallest absolute Gasteiger partial charge is 0.0334 e. The third-order valence-electron chi connectivity index (χ3n) is 7.09. The van der Waals surface area contributed by atoms with Crippen LogP contribution >= 0.6 is 0 Å². The average Bonchev–Trinajstić information content (AvgIpc) is 3.25. The molecule has 1 heterocycles. The Morgan fingerprint density at radius 2 is 1.18 bits per heavy atom. The molecule has 34 heavy (non-hydrogen) atoms. The number of benzene rings is 5. The number of rotatable bonds is 3. The lowest BCUT2D eigenvalue weighted by atomic mass is 9.93. The molecule has 5 aromatic rings. The fraction of sp³-hybridized carbons (Fsp3) is 0.0303. The summed E-state index contributed by atoms with van der Waals surface area (Å²) >= 11 is 0. The van der Waals surface area contributed by atoms with Crippen LogP contribution in [0.4, 0.5) is 0 Å². The van der Waals surface area contributed by atoms with E-state index in [1.165, 1.54) is 66.4 Å². The second kappa shape index (κ2) is 7.60. The van der Waals surface area contributed by atoms with Crippen LogP contribution in [0.25, 0.3) is 60.9 Å². The third-order valence-corrected chi connectivity index (χ3v) is 7.09. The molecule has 160 valence electrons. The molecule has 0 aromatic heterocycles. The van der Waals surface area contributed by atoms with Crippen LogP contribution in [0, 0.1) is 0 Å². The van der Waals surface area contributed by atoms with Crippen molar-refractivity contribution in [1.82, 2.24) is 5.32 Å². The monoisotopic (exact) mass is 433 g/mol. The normalized spacial score (nSPS) is 13.5. The summed E-state index contributed by atoms with van der Waals surface area (Å²) in [6.07, 6.45) is 6.39. The standard InChI is InChI=1S/C33H23N/c1-2-8-29-28(7-1)31-10-4-9-30-27(15-16-32(29)33(30)31)24-13-11-22(12-14-24)25-5-3-6-26(21-25)23-17-19-34-20-18-23/h1-19,21,34H,20H2. The minimum absolute atomic E-state index is 0.879. The van der Waals surface area contributed by atoms with Crippen molar-refractivity contribution < 1.29 is 0 Å². The minimum Gasteiger partial charge on any atom is -0.387 e. The molecular formula is C33H23N. The molecule has 0 bridgehead atoms. The summed E-state index contributed by atoms with van der Waals surface area (Å²) in [5, 5.41) is 5.93. The van der Waals surface area contributed by atoms with E-state index in [0.717, 1.165) is 6.54 Å². The highest BCUT2D eigenvalue weighted by molar-refractivity contribution is 6.18. The molecule has 1 N–H and O–H groups in total. The molecule has 2 aliphatic rings. The van der Waals surface area contributed by atoms with Crippen molar-refractivity contribution in [2.45, 2.75) is 0 Å². The van der Waals surface area contributed by atoms with Crippen molar-refractivity contribution in [3.05, 3.63) is 127 Å². The molecule has 0 saturated carbocycles. The largest absolute Gasteiger partial charge is 0.387 e. The first-order valence-electron chi connectivity index (χ1n) is 11.8. The molecule has 1 heteroatoms. The summed E-state index contributed by atoms with van der Waals surface area (Å²) in [5.41, 5.74) is 12.9. The van der Waals surface area contributed by atoms with Gasteiger partial charge in [0.25, 0.3) is 0 Å². The van der Waals surface area contributed by atoms with Crippen LogP contribution < -0.4 is 5.32 Å². The van der Waals surface area contributed by atoms with E-state index < -0.39 is 0 Å². The first-order chi connectivity index (χ1) is 16.9. The van der Waals surface area contributed by atoms with E-state index in [-0.39, 0.29) is 0 Å². The molecule has 7 rings (SSSR count). The summed E-state index contributed by atoms with van der Waals surface area (Å²) < 4.78 is 0. The van der Waals surface area contributed by atoms with Crippen molar-refractivity contribution in [3.8, 4) is 44.5 Å². The third kappa shape index (κ3) is 2.94. The van der Waals surface area contributed by atoms with Gasteiger partial charge in [0, 0.05) is 6.54 Å². The Bertz CT molecular complexity index is 1600. The summed E-state index contributed by atoms with van der Waals surface area (Å²) in [4.78, 5) is 0. The quantitative estimate of drug-likeness (QED) is 0.296. The predicted octanol–water partition coefficient (Wildman–Crippen LogP) is 8.32. The van der Waals surface area contributed by atoms with Gasteiger partial charge in [-0.25, -0.2) is 0 Å². The molecule has 0 atom stereocenters. The molecular weight excluding hydrogens is 410 g/mol. The van der Waals surface area contributed by atoms with Crippen molar-refractivity contribution in [3.63, 3.8) is 0 Å². The van der Waals surface area contributed by atoms with E-state index in [0.29, 0.717) is 0 Å². The zero-order valence-corrected chi connectivity index (χ0v) is 18.8. The Hall–Kier alpha value is -4.36. The van der Waals surface area contributed by atoms with E-state index >= 15 is 0 Å². The number of nitrogens with one attached hydrogen (secondary N) is 1. The Labute approximate surface area is 199 Å². The number of hydrogen-bond acceptors (Lipinski definition) is 1.